The van der Waals surface area contributed by atoms with Crippen LogP contribution in [-0.2, 0) is 40.6 Å². The third kappa shape index (κ3) is 7.14. The van der Waals surface area contributed by atoms with E-state index in [1.807, 2.05) is 34.5 Å². The number of halogens is 1. The van der Waals surface area contributed by atoms with Crippen LogP contribution < -0.4 is 14.2 Å². The summed E-state index contributed by atoms with van der Waals surface area (Å²) in [4.78, 5) is 12.3. The lowest BCUT2D eigenvalue weighted by Crippen LogP contribution is -2.31. The minimum atomic E-state index is -4.21. The number of benzene rings is 3. The molecule has 10 heteroatoms. The first-order chi connectivity index (χ1) is 21.1. The van der Waals surface area contributed by atoms with Gasteiger partial charge in [0.1, 0.15) is 17.3 Å². The fraction of sp³-hybridized carbons (Fsp3) is 0.324. The Bertz CT molecular complexity index is 1700. The molecule has 232 valence electrons. The average molecular weight is 621 g/mol. The van der Waals surface area contributed by atoms with Gasteiger partial charge < -0.3 is 19.1 Å². The van der Waals surface area contributed by atoms with Crippen molar-refractivity contribution in [3.05, 3.63) is 113 Å². The van der Waals surface area contributed by atoms with Gasteiger partial charge in [-0.15, -0.1) is 0 Å². The molecule has 0 radical (unpaired) electrons. The minimum Gasteiger partial charge on any atom is -0.496 e. The van der Waals surface area contributed by atoms with E-state index >= 15 is 0 Å². The molecule has 1 aliphatic carbocycles. The van der Waals surface area contributed by atoms with Crippen LogP contribution in [0.3, 0.4) is 0 Å². The van der Waals surface area contributed by atoms with E-state index in [-0.39, 0.29) is 17.2 Å². The van der Waals surface area contributed by atoms with Crippen molar-refractivity contribution in [2.75, 3.05) is 14.2 Å². The topological polar surface area (TPSA) is 107 Å². The number of nitrogens with zero attached hydrogens (tertiary/aromatic N) is 1. The van der Waals surface area contributed by atoms with Gasteiger partial charge in [-0.3, -0.25) is 4.79 Å². The van der Waals surface area contributed by atoms with E-state index in [1.165, 1.54) is 23.3 Å². The number of carbonyl (C=O) groups excluding carboxylic acids is 1. The number of amides is 1. The number of hydrogen-bond donors (Lipinski definition) is 2. The van der Waals surface area contributed by atoms with E-state index in [2.05, 4.69) is 24.3 Å². The maximum atomic E-state index is 13.5. The van der Waals surface area contributed by atoms with Crippen molar-refractivity contribution < 1.29 is 32.2 Å². The smallest absolute Gasteiger partial charge is 0.264 e. The van der Waals surface area contributed by atoms with Crippen molar-refractivity contribution >= 4 is 15.9 Å². The Labute approximate surface area is 257 Å². The summed E-state index contributed by atoms with van der Waals surface area (Å²) in [6, 6.07) is 18.4. The van der Waals surface area contributed by atoms with Crippen LogP contribution in [0, 0.1) is 24.6 Å². The molecule has 0 bridgehead atoms. The maximum Gasteiger partial charge on any atom is 0.264 e. The summed E-state index contributed by atoms with van der Waals surface area (Å²) in [5.74, 6) is -0.00550. The van der Waals surface area contributed by atoms with Gasteiger partial charge in [-0.05, 0) is 90.8 Å². The molecule has 0 aliphatic heterocycles. The van der Waals surface area contributed by atoms with Crippen molar-refractivity contribution in [2.24, 2.45) is 11.8 Å². The molecule has 0 spiro atoms. The van der Waals surface area contributed by atoms with E-state index < -0.39 is 27.9 Å². The molecular weight excluding hydrogens is 583 g/mol. The summed E-state index contributed by atoms with van der Waals surface area (Å²) >= 11 is 0. The first-order valence-electron chi connectivity index (χ1n) is 14.5. The highest BCUT2D eigenvalue weighted by atomic mass is 32.2. The number of nitrogens with one attached hydrogen (secondary N) is 1. The highest BCUT2D eigenvalue weighted by Gasteiger charge is 2.30. The number of rotatable bonds is 12. The molecule has 0 fully saturated rings. The number of aromatic nitrogens is 1. The number of ether oxygens (including phenoxy) is 2. The Morgan fingerprint density at radius 2 is 1.68 bits per heavy atom. The Morgan fingerprint density at radius 3 is 2.30 bits per heavy atom. The van der Waals surface area contributed by atoms with Crippen molar-refractivity contribution in [3.63, 3.8) is 0 Å². The standard InChI is InChI=1S/C34H37FN2O6S/c1-22-31(42-2)17-27(18-32(22)43-3)34(39)28(15-24-13-25-7-4-5-8-26(25)14-24)21-37-12-11-23(20-37)16-33(38)36-44(40,41)30-10-6-9-29(35)19-30/h4-12,17-20,24,28,34,39H,13-16,21H2,1-3H3,(H,36,38)/t28-,34-/m1/s1. The number of sulfonamides is 1. The van der Waals surface area contributed by atoms with E-state index in [4.69, 9.17) is 9.47 Å². The number of aliphatic hydroxyl groups excluding tert-OH is 1. The number of aliphatic hydroxyl groups is 1. The minimum absolute atomic E-state index is 0.181. The summed E-state index contributed by atoms with van der Waals surface area (Å²) in [5.41, 5.74) is 4.83. The molecule has 0 saturated heterocycles. The monoisotopic (exact) mass is 620 g/mol. The molecule has 44 heavy (non-hydrogen) atoms. The molecule has 2 N–H and O–H groups in total. The zero-order valence-electron chi connectivity index (χ0n) is 25.0. The van der Waals surface area contributed by atoms with E-state index in [1.54, 1.807) is 26.5 Å². The fourth-order valence-electron chi connectivity index (χ4n) is 6.14. The second kappa shape index (κ2) is 13.2. The molecule has 0 saturated carbocycles. The van der Waals surface area contributed by atoms with Crippen LogP contribution in [-0.4, -0.2) is 38.2 Å². The van der Waals surface area contributed by atoms with Crippen molar-refractivity contribution in [1.29, 1.82) is 0 Å². The molecular formula is C34H37FN2O6S. The molecule has 1 aromatic heterocycles. The van der Waals surface area contributed by atoms with Gasteiger partial charge in [0.15, 0.2) is 0 Å². The third-order valence-corrected chi connectivity index (χ3v) is 9.68. The van der Waals surface area contributed by atoms with E-state index in [9.17, 15) is 22.7 Å². The molecule has 5 rings (SSSR count). The molecule has 1 amide bonds. The Hall–Kier alpha value is -4.15. The number of fused-ring (bicyclic) bond motifs is 1. The van der Waals surface area contributed by atoms with Crippen LogP contribution in [0.15, 0.2) is 84.0 Å². The first-order valence-corrected chi connectivity index (χ1v) is 16.0. The van der Waals surface area contributed by atoms with Gasteiger partial charge in [0.2, 0.25) is 5.91 Å². The lowest BCUT2D eigenvalue weighted by Gasteiger charge is -2.27. The molecule has 1 aliphatic rings. The highest BCUT2D eigenvalue weighted by Crippen LogP contribution is 2.39. The second-order valence-electron chi connectivity index (χ2n) is 11.4. The van der Waals surface area contributed by atoms with Gasteiger partial charge in [-0.1, -0.05) is 30.3 Å². The number of methoxy groups -OCH3 is 2. The van der Waals surface area contributed by atoms with Crippen LogP contribution in [0.1, 0.15) is 40.3 Å². The number of carbonyl (C=O) groups is 1. The Balaban J connectivity index is 1.33. The zero-order chi connectivity index (χ0) is 31.4. The van der Waals surface area contributed by atoms with Crippen molar-refractivity contribution in [3.8, 4) is 11.5 Å². The van der Waals surface area contributed by atoms with Gasteiger partial charge >= 0.3 is 0 Å². The normalized spacial score (nSPS) is 14.6. The van der Waals surface area contributed by atoms with Crippen LogP contribution in [0.2, 0.25) is 0 Å². The predicted molar refractivity (Wildman–Crippen MR) is 165 cm³/mol. The lowest BCUT2D eigenvalue weighted by atomic mass is 9.85. The quantitative estimate of drug-likeness (QED) is 0.227. The largest absolute Gasteiger partial charge is 0.496 e. The van der Waals surface area contributed by atoms with Crippen LogP contribution in [0.25, 0.3) is 0 Å². The number of hydrogen-bond acceptors (Lipinski definition) is 6. The predicted octanol–water partition coefficient (Wildman–Crippen LogP) is 5.16. The van der Waals surface area contributed by atoms with Gasteiger partial charge in [-0.25, -0.2) is 17.5 Å². The first kappa shape index (κ1) is 31.3. The molecule has 1 heterocycles. The highest BCUT2D eigenvalue weighted by molar-refractivity contribution is 7.90. The lowest BCUT2D eigenvalue weighted by molar-refractivity contribution is -0.118. The van der Waals surface area contributed by atoms with E-state index in [0.717, 1.165) is 37.0 Å². The Kier molecular flexibility index (Phi) is 9.41. The molecule has 8 nitrogen and oxygen atoms in total. The van der Waals surface area contributed by atoms with Crippen LogP contribution in [0.4, 0.5) is 4.39 Å². The van der Waals surface area contributed by atoms with Gasteiger partial charge in [-0.2, -0.15) is 0 Å². The van der Waals surface area contributed by atoms with Crippen LogP contribution in [0.5, 0.6) is 11.5 Å². The van der Waals surface area contributed by atoms with Gasteiger partial charge in [0, 0.05) is 30.4 Å². The second-order valence-corrected chi connectivity index (χ2v) is 13.1. The summed E-state index contributed by atoms with van der Waals surface area (Å²) in [7, 11) is -1.03. The van der Waals surface area contributed by atoms with Gasteiger partial charge in [0.25, 0.3) is 10.0 Å². The summed E-state index contributed by atoms with van der Waals surface area (Å²) < 4.78 is 53.7. The maximum absolute atomic E-state index is 13.5. The van der Waals surface area contributed by atoms with Crippen LogP contribution >= 0.6 is 0 Å². The summed E-state index contributed by atoms with van der Waals surface area (Å²) in [5, 5.41) is 11.8. The Morgan fingerprint density at radius 1 is 1.02 bits per heavy atom. The zero-order valence-corrected chi connectivity index (χ0v) is 25.8. The fourth-order valence-corrected chi connectivity index (χ4v) is 7.16. The van der Waals surface area contributed by atoms with Crippen molar-refractivity contribution in [2.45, 2.75) is 50.2 Å². The van der Waals surface area contributed by atoms with Crippen molar-refractivity contribution in [1.82, 2.24) is 9.29 Å². The molecule has 4 aromatic rings. The summed E-state index contributed by atoms with van der Waals surface area (Å²) in [6.07, 6.45) is 5.24. The van der Waals surface area contributed by atoms with E-state index in [0.29, 0.717) is 35.1 Å². The molecule has 2 atom stereocenters. The molecule has 3 aromatic carbocycles. The SMILES string of the molecule is COc1cc([C@@H](O)[C@H](CC2Cc3ccccc3C2)Cn2ccc(CC(=O)NS(=O)(=O)c3cccc(F)c3)c2)cc(OC)c1C. The third-order valence-electron chi connectivity index (χ3n) is 8.31. The van der Waals surface area contributed by atoms with Gasteiger partial charge in [0.05, 0.1) is 31.6 Å². The average Bonchev–Trinajstić information content (AvgIpc) is 3.62. The molecule has 0 unspecified atom stereocenters. The summed E-state index contributed by atoms with van der Waals surface area (Å²) in [6.45, 7) is 2.37.